The Morgan fingerprint density at radius 1 is 0.600 bits per heavy atom. The molecular weight excluding hydrogens is 376 g/mol. The summed E-state index contributed by atoms with van der Waals surface area (Å²) in [5, 5.41) is 18.1. The number of unbranched alkanes of at least 4 members (excludes halogenated alkanes) is 5. The number of benzene rings is 2. The van der Waals surface area contributed by atoms with E-state index in [2.05, 4.69) is 24.3 Å². The van der Waals surface area contributed by atoms with Gasteiger partial charge in [0, 0.05) is 0 Å². The normalized spacial score (nSPS) is 13.0. The molecule has 4 heteroatoms. The number of aliphatic carboxylic acids is 2. The van der Waals surface area contributed by atoms with Gasteiger partial charge in [-0.25, -0.2) is 0 Å². The predicted molar refractivity (Wildman–Crippen MR) is 120 cm³/mol. The topological polar surface area (TPSA) is 74.6 Å². The molecule has 0 heterocycles. The van der Waals surface area contributed by atoms with Gasteiger partial charge in [-0.15, -0.1) is 0 Å². The van der Waals surface area contributed by atoms with Crippen molar-refractivity contribution in [2.45, 2.75) is 77.0 Å². The summed E-state index contributed by atoms with van der Waals surface area (Å²) in [6.45, 7) is 3.43. The average molecular weight is 411 g/mol. The first-order chi connectivity index (χ1) is 14.4. The number of hydrogen-bond donors (Lipinski definition) is 2. The van der Waals surface area contributed by atoms with Crippen LogP contribution in [-0.2, 0) is 22.4 Å². The van der Waals surface area contributed by atoms with Crippen LogP contribution in [-0.4, -0.2) is 22.2 Å². The molecule has 0 aliphatic heterocycles. The van der Waals surface area contributed by atoms with Crippen LogP contribution in [0.25, 0.3) is 0 Å². The molecule has 0 radical (unpaired) electrons. The fourth-order valence-electron chi connectivity index (χ4n) is 3.60. The van der Waals surface area contributed by atoms with Crippen LogP contribution in [0.1, 0.15) is 86.5 Å². The number of carbonyl (C=O) groups is 2. The average Bonchev–Trinajstić information content (AvgIpc) is 2.75. The summed E-state index contributed by atoms with van der Waals surface area (Å²) in [7, 11) is 0. The van der Waals surface area contributed by atoms with E-state index in [0.29, 0.717) is 0 Å². The third-order valence-corrected chi connectivity index (χ3v) is 5.88. The molecule has 0 aliphatic carbocycles. The highest BCUT2D eigenvalue weighted by atomic mass is 16.4. The number of carboxylic acids is 2. The van der Waals surface area contributed by atoms with Crippen LogP contribution in [0, 0.1) is 0 Å². The molecule has 2 N–H and O–H groups in total. The molecule has 162 valence electrons. The van der Waals surface area contributed by atoms with Crippen molar-refractivity contribution in [2.24, 2.45) is 0 Å². The van der Waals surface area contributed by atoms with E-state index in [4.69, 9.17) is 10.2 Å². The van der Waals surface area contributed by atoms with E-state index in [1.54, 1.807) is 13.8 Å². The summed E-state index contributed by atoms with van der Waals surface area (Å²) in [6, 6.07) is 15.9. The molecule has 2 rings (SSSR count). The first-order valence-corrected chi connectivity index (χ1v) is 11.0. The Balaban J connectivity index is 1.56. The van der Waals surface area contributed by atoms with Gasteiger partial charge in [0.2, 0.25) is 0 Å². The first-order valence-electron chi connectivity index (χ1n) is 11.0. The summed E-state index contributed by atoms with van der Waals surface area (Å²) in [5.41, 5.74) is 4.27. The van der Waals surface area contributed by atoms with Crippen LogP contribution < -0.4 is 0 Å². The fourth-order valence-corrected chi connectivity index (χ4v) is 3.60. The van der Waals surface area contributed by atoms with Gasteiger partial charge in [0.15, 0.2) is 0 Å². The lowest BCUT2D eigenvalue weighted by atomic mass is 9.97. The maximum atomic E-state index is 11.0. The molecule has 30 heavy (non-hydrogen) atoms. The highest BCUT2D eigenvalue weighted by Gasteiger charge is 2.13. The highest BCUT2D eigenvalue weighted by Crippen LogP contribution is 2.19. The molecule has 0 spiro atoms. The molecule has 4 nitrogen and oxygen atoms in total. The van der Waals surface area contributed by atoms with Crippen LogP contribution in [0.4, 0.5) is 0 Å². The minimum Gasteiger partial charge on any atom is -0.481 e. The molecule has 0 aliphatic rings. The first kappa shape index (κ1) is 23.7. The summed E-state index contributed by atoms with van der Waals surface area (Å²) in [6.07, 6.45) is 9.33. The Morgan fingerprint density at radius 2 is 0.900 bits per heavy atom. The van der Waals surface area contributed by atoms with Gasteiger partial charge in [-0.2, -0.15) is 0 Å². The van der Waals surface area contributed by atoms with Gasteiger partial charge in [0.05, 0.1) is 11.8 Å². The molecule has 0 amide bonds. The molecule has 0 aromatic heterocycles. The number of carboxylic acid groups (broad SMARTS) is 2. The van der Waals surface area contributed by atoms with Crippen LogP contribution in [0.2, 0.25) is 0 Å². The molecule has 2 aromatic rings. The second-order valence-electron chi connectivity index (χ2n) is 8.22. The van der Waals surface area contributed by atoms with E-state index in [0.717, 1.165) is 36.8 Å². The minimum absolute atomic E-state index is 0.453. The number of aryl methyl sites for hydroxylation is 2. The van der Waals surface area contributed by atoms with Gasteiger partial charge >= 0.3 is 11.9 Å². The van der Waals surface area contributed by atoms with Gasteiger partial charge in [-0.05, 0) is 61.8 Å². The SMILES string of the molecule is CC(C(=O)O)c1ccc(CCCCCCCCc2ccc(C(C)C(=O)O)cc2)cc1. The number of hydrogen-bond acceptors (Lipinski definition) is 2. The molecule has 0 saturated carbocycles. The van der Waals surface area contributed by atoms with Crippen LogP contribution in [0.3, 0.4) is 0 Å². The second-order valence-corrected chi connectivity index (χ2v) is 8.22. The fraction of sp³-hybridized carbons (Fsp3) is 0.462. The Hall–Kier alpha value is -2.62. The Kier molecular flexibility index (Phi) is 9.59. The van der Waals surface area contributed by atoms with E-state index in [1.807, 2.05) is 24.3 Å². The lowest BCUT2D eigenvalue weighted by Crippen LogP contribution is -2.07. The summed E-state index contributed by atoms with van der Waals surface area (Å²) in [5.74, 6) is -2.48. The van der Waals surface area contributed by atoms with Crippen molar-refractivity contribution in [3.63, 3.8) is 0 Å². The lowest BCUT2D eigenvalue weighted by molar-refractivity contribution is -0.139. The van der Waals surface area contributed by atoms with E-state index in [-0.39, 0.29) is 0 Å². The molecule has 2 aromatic carbocycles. The Morgan fingerprint density at radius 3 is 1.20 bits per heavy atom. The van der Waals surface area contributed by atoms with Crippen LogP contribution >= 0.6 is 0 Å². The van der Waals surface area contributed by atoms with Crippen molar-refractivity contribution in [1.82, 2.24) is 0 Å². The smallest absolute Gasteiger partial charge is 0.310 e. The highest BCUT2D eigenvalue weighted by molar-refractivity contribution is 5.75. The zero-order valence-corrected chi connectivity index (χ0v) is 18.1. The molecular formula is C26H34O4. The van der Waals surface area contributed by atoms with Gasteiger partial charge in [-0.1, -0.05) is 74.2 Å². The van der Waals surface area contributed by atoms with Gasteiger partial charge in [-0.3, -0.25) is 9.59 Å². The van der Waals surface area contributed by atoms with Crippen molar-refractivity contribution >= 4 is 11.9 Å². The monoisotopic (exact) mass is 410 g/mol. The van der Waals surface area contributed by atoms with Crippen molar-refractivity contribution in [1.29, 1.82) is 0 Å². The van der Waals surface area contributed by atoms with Crippen LogP contribution in [0.5, 0.6) is 0 Å². The van der Waals surface area contributed by atoms with E-state index < -0.39 is 23.8 Å². The zero-order chi connectivity index (χ0) is 21.9. The third kappa shape index (κ3) is 7.66. The second kappa shape index (κ2) is 12.2. The van der Waals surface area contributed by atoms with Gasteiger partial charge < -0.3 is 10.2 Å². The zero-order valence-electron chi connectivity index (χ0n) is 18.1. The van der Waals surface area contributed by atoms with Crippen LogP contribution in [0.15, 0.2) is 48.5 Å². The molecule has 0 fully saturated rings. The summed E-state index contributed by atoms with van der Waals surface area (Å²) in [4.78, 5) is 22.0. The van der Waals surface area contributed by atoms with Crippen molar-refractivity contribution in [2.75, 3.05) is 0 Å². The minimum atomic E-state index is -0.785. The maximum absolute atomic E-state index is 11.0. The third-order valence-electron chi connectivity index (χ3n) is 5.88. The Bertz CT molecular complexity index is 723. The van der Waals surface area contributed by atoms with Crippen molar-refractivity contribution < 1.29 is 19.8 Å². The summed E-state index contributed by atoms with van der Waals surface area (Å²) >= 11 is 0. The van der Waals surface area contributed by atoms with Crippen molar-refractivity contribution in [3.8, 4) is 0 Å². The molecule has 2 unspecified atom stereocenters. The Labute approximate surface area is 180 Å². The van der Waals surface area contributed by atoms with Gasteiger partial charge in [0.25, 0.3) is 0 Å². The lowest BCUT2D eigenvalue weighted by Gasteiger charge is -2.08. The van der Waals surface area contributed by atoms with E-state index >= 15 is 0 Å². The predicted octanol–water partition coefficient (Wildman–Crippen LogP) is 6.19. The standard InChI is InChI=1S/C26H34O4/c1-19(25(27)28)23-15-11-21(12-16-23)9-7-5-3-4-6-8-10-22-13-17-24(18-14-22)20(2)26(29)30/h11-20H,3-10H2,1-2H3,(H,27,28)(H,29,30). The molecule has 2 atom stereocenters. The van der Waals surface area contributed by atoms with E-state index in [1.165, 1.54) is 36.8 Å². The maximum Gasteiger partial charge on any atom is 0.310 e. The summed E-state index contributed by atoms with van der Waals surface area (Å²) < 4.78 is 0. The van der Waals surface area contributed by atoms with Gasteiger partial charge in [0.1, 0.15) is 0 Å². The van der Waals surface area contributed by atoms with Crippen molar-refractivity contribution in [3.05, 3.63) is 70.8 Å². The van der Waals surface area contributed by atoms with E-state index in [9.17, 15) is 9.59 Å². The molecule has 0 saturated heterocycles. The molecule has 0 bridgehead atoms. The quantitative estimate of drug-likeness (QED) is 0.386. The largest absolute Gasteiger partial charge is 0.481 e. The number of rotatable bonds is 13.